The van der Waals surface area contributed by atoms with Crippen LogP contribution in [0.15, 0.2) is 53.4 Å². The number of hydrogen-bond donors (Lipinski definition) is 0. The molecule has 100 valence electrons. The second-order valence-corrected chi connectivity index (χ2v) is 5.69. The van der Waals surface area contributed by atoms with Crippen molar-refractivity contribution >= 4 is 23.4 Å². The molecule has 0 saturated heterocycles. The van der Waals surface area contributed by atoms with E-state index in [0.717, 1.165) is 28.5 Å². The Kier molecular flexibility index (Phi) is 5.62. The summed E-state index contributed by atoms with van der Waals surface area (Å²) in [5, 5.41) is 0.813. The van der Waals surface area contributed by atoms with Gasteiger partial charge in [-0.25, -0.2) is 0 Å². The lowest BCUT2D eigenvalue weighted by Crippen LogP contribution is -2.00. The zero-order valence-electron chi connectivity index (χ0n) is 10.9. The summed E-state index contributed by atoms with van der Waals surface area (Å²) in [6.45, 7) is 2.79. The van der Waals surface area contributed by atoms with Gasteiger partial charge in [-0.05, 0) is 42.3 Å². The highest BCUT2D eigenvalue weighted by Gasteiger charge is 2.01. The standard InChI is InChI=1S/C16H17ClOS/c1-2-13-12-14(8-9-16(13)17)18-10-11-19-15-6-4-3-5-7-15/h3-9,12H,2,10-11H2,1H3. The van der Waals surface area contributed by atoms with Crippen LogP contribution in [0.2, 0.25) is 5.02 Å². The van der Waals surface area contributed by atoms with Gasteiger partial charge >= 0.3 is 0 Å². The van der Waals surface area contributed by atoms with Crippen LogP contribution in [0, 0.1) is 0 Å². The topological polar surface area (TPSA) is 9.23 Å². The van der Waals surface area contributed by atoms with Crippen molar-refractivity contribution < 1.29 is 4.74 Å². The molecule has 0 saturated carbocycles. The van der Waals surface area contributed by atoms with Crippen LogP contribution in [0.3, 0.4) is 0 Å². The number of aryl methyl sites for hydroxylation is 1. The second-order valence-electron chi connectivity index (χ2n) is 4.12. The number of hydrogen-bond acceptors (Lipinski definition) is 2. The maximum Gasteiger partial charge on any atom is 0.119 e. The quantitative estimate of drug-likeness (QED) is 0.543. The van der Waals surface area contributed by atoms with E-state index in [1.54, 1.807) is 11.8 Å². The van der Waals surface area contributed by atoms with E-state index in [9.17, 15) is 0 Å². The van der Waals surface area contributed by atoms with E-state index in [4.69, 9.17) is 16.3 Å². The molecule has 0 heterocycles. The summed E-state index contributed by atoms with van der Waals surface area (Å²) in [6, 6.07) is 16.2. The van der Waals surface area contributed by atoms with Gasteiger partial charge in [0.05, 0.1) is 6.61 Å². The molecular weight excluding hydrogens is 276 g/mol. The summed E-state index contributed by atoms with van der Waals surface area (Å²) < 4.78 is 5.75. The molecule has 0 aromatic heterocycles. The molecule has 0 aliphatic rings. The van der Waals surface area contributed by atoms with Gasteiger partial charge in [0.15, 0.2) is 0 Å². The highest BCUT2D eigenvalue weighted by atomic mass is 35.5. The Morgan fingerprint density at radius 3 is 2.63 bits per heavy atom. The van der Waals surface area contributed by atoms with Crippen molar-refractivity contribution in [3.05, 3.63) is 59.1 Å². The van der Waals surface area contributed by atoms with Gasteiger partial charge in [-0.15, -0.1) is 11.8 Å². The van der Waals surface area contributed by atoms with Crippen molar-refractivity contribution in [2.24, 2.45) is 0 Å². The van der Waals surface area contributed by atoms with Crippen molar-refractivity contribution in [3.63, 3.8) is 0 Å². The first-order valence-electron chi connectivity index (χ1n) is 6.38. The third-order valence-corrected chi connectivity index (χ3v) is 4.11. The summed E-state index contributed by atoms with van der Waals surface area (Å²) in [6.07, 6.45) is 0.925. The SMILES string of the molecule is CCc1cc(OCCSc2ccccc2)ccc1Cl. The van der Waals surface area contributed by atoms with Crippen LogP contribution in [0.4, 0.5) is 0 Å². The lowest BCUT2D eigenvalue weighted by atomic mass is 10.1. The number of halogens is 1. The number of rotatable bonds is 6. The largest absolute Gasteiger partial charge is 0.493 e. The molecule has 2 aromatic carbocycles. The van der Waals surface area contributed by atoms with Gasteiger partial charge < -0.3 is 4.74 Å². The molecule has 0 fully saturated rings. The zero-order valence-corrected chi connectivity index (χ0v) is 12.5. The maximum absolute atomic E-state index is 6.08. The molecule has 0 amide bonds. The summed E-state index contributed by atoms with van der Waals surface area (Å²) in [7, 11) is 0. The Bertz CT molecular complexity index is 513. The normalized spacial score (nSPS) is 10.4. The van der Waals surface area contributed by atoms with E-state index in [-0.39, 0.29) is 0 Å². The van der Waals surface area contributed by atoms with Gasteiger partial charge in [-0.1, -0.05) is 36.7 Å². The number of thioether (sulfide) groups is 1. The molecule has 0 spiro atoms. The van der Waals surface area contributed by atoms with Gasteiger partial charge in [-0.3, -0.25) is 0 Å². The predicted molar refractivity (Wildman–Crippen MR) is 83.5 cm³/mol. The number of benzene rings is 2. The minimum absolute atomic E-state index is 0.699. The van der Waals surface area contributed by atoms with Gasteiger partial charge in [0, 0.05) is 15.7 Å². The summed E-state index contributed by atoms with van der Waals surface area (Å²) in [4.78, 5) is 1.27. The van der Waals surface area contributed by atoms with Crippen molar-refractivity contribution in [3.8, 4) is 5.75 Å². The average molecular weight is 293 g/mol. The molecule has 0 unspecified atom stereocenters. The van der Waals surface area contributed by atoms with E-state index in [0.29, 0.717) is 6.61 Å². The van der Waals surface area contributed by atoms with E-state index in [1.165, 1.54) is 4.90 Å². The molecule has 0 atom stereocenters. The molecule has 2 rings (SSSR count). The first-order valence-corrected chi connectivity index (χ1v) is 7.75. The minimum atomic E-state index is 0.699. The van der Waals surface area contributed by atoms with E-state index < -0.39 is 0 Å². The Morgan fingerprint density at radius 1 is 1.11 bits per heavy atom. The monoisotopic (exact) mass is 292 g/mol. The minimum Gasteiger partial charge on any atom is -0.493 e. The van der Waals surface area contributed by atoms with Crippen LogP contribution in [-0.4, -0.2) is 12.4 Å². The number of ether oxygens (including phenoxy) is 1. The molecule has 1 nitrogen and oxygen atoms in total. The molecular formula is C16H17ClOS. The summed E-state index contributed by atoms with van der Waals surface area (Å²) in [5.74, 6) is 1.84. The Labute approximate surface area is 123 Å². The van der Waals surface area contributed by atoms with Crippen LogP contribution >= 0.6 is 23.4 Å². The molecule has 0 aliphatic heterocycles. The van der Waals surface area contributed by atoms with Gasteiger partial charge in [0.1, 0.15) is 5.75 Å². The lowest BCUT2D eigenvalue weighted by Gasteiger charge is -2.08. The molecule has 0 radical (unpaired) electrons. The lowest BCUT2D eigenvalue weighted by molar-refractivity contribution is 0.343. The second kappa shape index (κ2) is 7.46. The molecule has 0 aliphatic carbocycles. The van der Waals surface area contributed by atoms with E-state index in [2.05, 4.69) is 31.2 Å². The third-order valence-electron chi connectivity index (χ3n) is 2.76. The molecule has 0 N–H and O–H groups in total. The highest BCUT2D eigenvalue weighted by molar-refractivity contribution is 7.99. The maximum atomic E-state index is 6.08. The van der Waals surface area contributed by atoms with Crippen molar-refractivity contribution in [2.45, 2.75) is 18.2 Å². The fourth-order valence-electron chi connectivity index (χ4n) is 1.75. The summed E-state index contributed by atoms with van der Waals surface area (Å²) in [5.41, 5.74) is 1.13. The van der Waals surface area contributed by atoms with Crippen LogP contribution in [0.5, 0.6) is 5.75 Å². The van der Waals surface area contributed by atoms with Crippen LogP contribution in [0.25, 0.3) is 0 Å². The fourth-order valence-corrected chi connectivity index (χ4v) is 2.75. The van der Waals surface area contributed by atoms with Crippen LogP contribution in [0.1, 0.15) is 12.5 Å². The molecule has 2 aromatic rings. The van der Waals surface area contributed by atoms with Gasteiger partial charge in [-0.2, -0.15) is 0 Å². The molecule has 3 heteroatoms. The van der Waals surface area contributed by atoms with Crippen molar-refractivity contribution in [1.29, 1.82) is 0 Å². The first kappa shape index (κ1) is 14.3. The average Bonchev–Trinajstić information content (AvgIpc) is 2.46. The predicted octanol–water partition coefficient (Wildman–Crippen LogP) is 5.07. The molecule has 19 heavy (non-hydrogen) atoms. The van der Waals surface area contributed by atoms with E-state index in [1.807, 2.05) is 24.3 Å². The van der Waals surface area contributed by atoms with Crippen molar-refractivity contribution in [1.82, 2.24) is 0 Å². The van der Waals surface area contributed by atoms with E-state index >= 15 is 0 Å². The Balaban J connectivity index is 1.80. The fraction of sp³-hybridized carbons (Fsp3) is 0.250. The first-order chi connectivity index (χ1) is 9.29. The Morgan fingerprint density at radius 2 is 1.89 bits per heavy atom. The third kappa shape index (κ3) is 4.48. The van der Waals surface area contributed by atoms with Gasteiger partial charge in [0.2, 0.25) is 0 Å². The Hall–Kier alpha value is -1.12. The zero-order chi connectivity index (χ0) is 13.5. The van der Waals surface area contributed by atoms with Crippen LogP contribution < -0.4 is 4.74 Å². The highest BCUT2D eigenvalue weighted by Crippen LogP contribution is 2.23. The molecule has 0 bridgehead atoms. The van der Waals surface area contributed by atoms with Gasteiger partial charge in [0.25, 0.3) is 0 Å². The van der Waals surface area contributed by atoms with Crippen LogP contribution in [-0.2, 0) is 6.42 Å². The van der Waals surface area contributed by atoms with Crippen molar-refractivity contribution in [2.75, 3.05) is 12.4 Å². The summed E-state index contributed by atoms with van der Waals surface area (Å²) >= 11 is 7.88. The smallest absolute Gasteiger partial charge is 0.119 e.